The molecule has 3 heterocycles. The molecule has 36 heavy (non-hydrogen) atoms. The summed E-state index contributed by atoms with van der Waals surface area (Å²) in [6, 6.07) is 23.3. The predicted molar refractivity (Wildman–Crippen MR) is 151 cm³/mol. The molecule has 184 valence electrons. The van der Waals surface area contributed by atoms with Crippen LogP contribution in [0.2, 0.25) is 10.0 Å². The van der Waals surface area contributed by atoms with Crippen molar-refractivity contribution in [1.29, 1.82) is 0 Å². The molecule has 0 saturated carbocycles. The van der Waals surface area contributed by atoms with Gasteiger partial charge in [0.25, 0.3) is 0 Å². The number of nitrogens with one attached hydrogen (secondary N) is 1. The van der Waals surface area contributed by atoms with E-state index in [9.17, 15) is 4.79 Å². The number of thiophene rings is 2. The maximum Gasteiger partial charge on any atom is 0.338 e. The van der Waals surface area contributed by atoms with E-state index in [0.717, 1.165) is 21.9 Å². The number of hydrogen-bond acceptors (Lipinski definition) is 6. The number of hydrogen-bond donors (Lipinski definition) is 1. The zero-order chi connectivity index (χ0) is 25.1. The molecule has 0 radical (unpaired) electrons. The van der Waals surface area contributed by atoms with Crippen LogP contribution in [-0.2, 0) is 9.53 Å². The lowest BCUT2D eigenvalue weighted by molar-refractivity contribution is -0.139. The topological polar surface area (TPSA) is 41.6 Å². The van der Waals surface area contributed by atoms with E-state index in [1.165, 1.54) is 4.88 Å². The van der Waals surface area contributed by atoms with E-state index in [2.05, 4.69) is 33.8 Å². The summed E-state index contributed by atoms with van der Waals surface area (Å²) in [4.78, 5) is 18.2. The first-order valence-electron chi connectivity index (χ1n) is 11.6. The number of benzene rings is 2. The SMILES string of the molecule is CCOC(=O)C1=C(Nc2ccc(Cl)cc2)C[C@@H](c2cccs2)N(c2ccc(Cl)cc2)[C@@H]1c1cccs1. The summed E-state index contributed by atoms with van der Waals surface area (Å²) in [7, 11) is 0. The first-order chi connectivity index (χ1) is 17.5. The fourth-order valence-electron chi connectivity index (χ4n) is 4.54. The van der Waals surface area contributed by atoms with Crippen molar-refractivity contribution >= 4 is 63.2 Å². The zero-order valence-electron chi connectivity index (χ0n) is 19.5. The van der Waals surface area contributed by atoms with Crippen molar-refractivity contribution in [3.63, 3.8) is 0 Å². The number of ether oxygens (including phenoxy) is 1. The molecule has 8 heteroatoms. The Morgan fingerprint density at radius 3 is 2.14 bits per heavy atom. The molecule has 0 amide bonds. The number of rotatable bonds is 7. The van der Waals surface area contributed by atoms with Gasteiger partial charge in [-0.3, -0.25) is 0 Å². The molecular weight excluding hydrogens is 531 g/mol. The maximum absolute atomic E-state index is 13.6. The van der Waals surface area contributed by atoms with E-state index in [1.54, 1.807) is 22.7 Å². The van der Waals surface area contributed by atoms with Crippen LogP contribution in [0.15, 0.2) is 94.8 Å². The molecule has 2 aromatic heterocycles. The lowest BCUT2D eigenvalue weighted by atomic mass is 9.89. The third-order valence-electron chi connectivity index (χ3n) is 6.05. The lowest BCUT2D eigenvalue weighted by Crippen LogP contribution is -2.41. The van der Waals surface area contributed by atoms with Crippen LogP contribution in [0.25, 0.3) is 0 Å². The van der Waals surface area contributed by atoms with Crippen molar-refractivity contribution in [2.75, 3.05) is 16.8 Å². The number of carbonyl (C=O) groups excluding carboxylic acids is 1. The first kappa shape index (κ1) is 24.9. The zero-order valence-corrected chi connectivity index (χ0v) is 22.6. The van der Waals surface area contributed by atoms with E-state index in [0.29, 0.717) is 28.6 Å². The average molecular weight is 556 g/mol. The van der Waals surface area contributed by atoms with Gasteiger partial charge in [-0.05, 0) is 78.3 Å². The number of nitrogens with zero attached hydrogens (tertiary/aromatic N) is 1. The molecule has 0 spiro atoms. The summed E-state index contributed by atoms with van der Waals surface area (Å²) in [5, 5.41) is 9.00. The molecular formula is C28H24Cl2N2O2S2. The van der Waals surface area contributed by atoms with Crippen molar-refractivity contribution in [2.24, 2.45) is 0 Å². The van der Waals surface area contributed by atoms with Gasteiger partial charge in [-0.15, -0.1) is 22.7 Å². The summed E-state index contributed by atoms with van der Waals surface area (Å²) in [6.07, 6.45) is 0.599. The highest BCUT2D eigenvalue weighted by atomic mass is 35.5. The van der Waals surface area contributed by atoms with Crippen molar-refractivity contribution in [2.45, 2.75) is 25.4 Å². The lowest BCUT2D eigenvalue weighted by Gasteiger charge is -2.44. The smallest absolute Gasteiger partial charge is 0.338 e. The van der Waals surface area contributed by atoms with E-state index in [-0.39, 0.29) is 18.1 Å². The van der Waals surface area contributed by atoms with Crippen molar-refractivity contribution in [1.82, 2.24) is 0 Å². The van der Waals surface area contributed by atoms with Crippen LogP contribution in [0.1, 0.15) is 35.2 Å². The van der Waals surface area contributed by atoms with Crippen LogP contribution in [0, 0.1) is 0 Å². The van der Waals surface area contributed by atoms with Gasteiger partial charge >= 0.3 is 5.97 Å². The minimum Gasteiger partial charge on any atom is -0.463 e. The molecule has 0 bridgehead atoms. The fraction of sp³-hybridized carbons (Fsp3) is 0.179. The molecule has 2 aromatic carbocycles. The second-order valence-corrected chi connectivity index (χ2v) is 11.1. The quantitative estimate of drug-likeness (QED) is 0.232. The Bertz CT molecular complexity index is 1340. The van der Waals surface area contributed by atoms with Gasteiger partial charge < -0.3 is 15.0 Å². The molecule has 4 aromatic rings. The summed E-state index contributed by atoms with van der Waals surface area (Å²) in [5.74, 6) is -0.323. The Labute approximate surface area is 228 Å². The van der Waals surface area contributed by atoms with Crippen LogP contribution in [-0.4, -0.2) is 12.6 Å². The Hall–Kier alpha value is -2.77. The molecule has 1 aliphatic rings. The van der Waals surface area contributed by atoms with Crippen LogP contribution in [0.3, 0.4) is 0 Å². The molecule has 1 aliphatic heterocycles. The molecule has 5 rings (SSSR count). The second kappa shape index (κ2) is 11.1. The highest BCUT2D eigenvalue weighted by molar-refractivity contribution is 7.10. The Morgan fingerprint density at radius 1 is 0.944 bits per heavy atom. The standard InChI is InChI=1S/C28H24Cl2N2O2S2/c1-2-34-28(33)26-22(31-20-11-7-18(29)8-12-20)17-23(24-5-3-15-35-24)32(21-13-9-19(30)10-14-21)27(26)25-6-4-16-36-25/h3-16,23,27,31H,2,17H2,1H3/t23-,27+/m0/s1. The molecule has 2 atom stereocenters. The molecule has 4 nitrogen and oxygen atoms in total. The molecule has 0 unspecified atom stereocenters. The van der Waals surface area contributed by atoms with Gasteiger partial charge in [-0.1, -0.05) is 35.3 Å². The third kappa shape index (κ3) is 5.18. The number of anilines is 2. The first-order valence-corrected chi connectivity index (χ1v) is 14.1. The minimum atomic E-state index is -0.346. The highest BCUT2D eigenvalue weighted by Crippen LogP contribution is 2.49. The van der Waals surface area contributed by atoms with Gasteiger partial charge in [0.15, 0.2) is 0 Å². The van der Waals surface area contributed by atoms with Crippen LogP contribution < -0.4 is 10.2 Å². The third-order valence-corrected chi connectivity index (χ3v) is 8.46. The highest BCUT2D eigenvalue weighted by Gasteiger charge is 2.42. The van der Waals surface area contributed by atoms with Gasteiger partial charge in [0.05, 0.1) is 24.3 Å². The Kier molecular flexibility index (Phi) is 7.67. The maximum atomic E-state index is 13.6. The van der Waals surface area contributed by atoms with Crippen molar-refractivity contribution in [3.8, 4) is 0 Å². The minimum absolute atomic E-state index is 0.00810. The van der Waals surface area contributed by atoms with Gasteiger partial charge in [0.2, 0.25) is 0 Å². The van der Waals surface area contributed by atoms with Gasteiger partial charge in [0.1, 0.15) is 0 Å². The molecule has 0 aliphatic carbocycles. The van der Waals surface area contributed by atoms with E-state index >= 15 is 0 Å². The van der Waals surface area contributed by atoms with Gasteiger partial charge in [-0.25, -0.2) is 4.79 Å². The molecule has 0 saturated heterocycles. The van der Waals surface area contributed by atoms with Crippen LogP contribution in [0.4, 0.5) is 11.4 Å². The summed E-state index contributed by atoms with van der Waals surface area (Å²) >= 11 is 15.7. The Balaban J connectivity index is 1.72. The summed E-state index contributed by atoms with van der Waals surface area (Å²) in [5.41, 5.74) is 3.31. The molecule has 1 N–H and O–H groups in total. The summed E-state index contributed by atoms with van der Waals surface area (Å²) < 4.78 is 5.63. The van der Waals surface area contributed by atoms with Gasteiger partial charge in [0, 0.05) is 43.3 Å². The van der Waals surface area contributed by atoms with Gasteiger partial charge in [-0.2, -0.15) is 0 Å². The summed E-state index contributed by atoms with van der Waals surface area (Å²) in [6.45, 7) is 2.13. The largest absolute Gasteiger partial charge is 0.463 e. The normalized spacial score (nSPS) is 17.8. The predicted octanol–water partition coefficient (Wildman–Crippen LogP) is 8.74. The second-order valence-electron chi connectivity index (χ2n) is 8.28. The van der Waals surface area contributed by atoms with E-state index in [1.807, 2.05) is 66.9 Å². The van der Waals surface area contributed by atoms with Crippen LogP contribution in [0.5, 0.6) is 0 Å². The van der Waals surface area contributed by atoms with Crippen molar-refractivity contribution < 1.29 is 9.53 Å². The average Bonchev–Trinajstić information content (AvgIpc) is 3.60. The van der Waals surface area contributed by atoms with E-state index in [4.69, 9.17) is 27.9 Å². The van der Waals surface area contributed by atoms with Crippen LogP contribution >= 0.6 is 45.9 Å². The fourth-order valence-corrected chi connectivity index (χ4v) is 6.45. The number of halogens is 2. The number of carbonyl (C=O) groups is 1. The van der Waals surface area contributed by atoms with E-state index < -0.39 is 0 Å². The monoisotopic (exact) mass is 554 g/mol. The molecule has 0 fully saturated rings. The van der Waals surface area contributed by atoms with Crippen molar-refractivity contribution in [3.05, 3.63) is 115 Å². The Morgan fingerprint density at radius 2 is 1.56 bits per heavy atom. The number of esters is 1.